The molecule has 0 aromatic heterocycles. The Morgan fingerprint density at radius 1 is 0.907 bits per heavy atom. The molecule has 1 N–H and O–H groups in total. The molecule has 0 bridgehead atoms. The number of carbonyl (C=O) groups is 3. The van der Waals surface area contributed by atoms with Gasteiger partial charge in [0, 0.05) is 42.9 Å². The summed E-state index contributed by atoms with van der Waals surface area (Å²) in [5.41, 5.74) is 4.75. The number of aryl methyl sites for hydroxylation is 1. The zero-order chi connectivity index (χ0) is 29.8. The zero-order valence-electron chi connectivity index (χ0n) is 24.8. The maximum Gasteiger partial charge on any atom is 0.258 e. The lowest BCUT2D eigenvalue weighted by atomic mass is 10.0. The van der Waals surface area contributed by atoms with Gasteiger partial charge in [-0.2, -0.15) is 0 Å². The highest BCUT2D eigenvalue weighted by Gasteiger charge is 2.33. The van der Waals surface area contributed by atoms with Crippen LogP contribution in [0.25, 0.3) is 10.8 Å². The topological polar surface area (TPSA) is 69.7 Å². The van der Waals surface area contributed by atoms with E-state index in [9.17, 15) is 14.4 Å². The number of benzene rings is 4. The van der Waals surface area contributed by atoms with E-state index >= 15 is 0 Å². The van der Waals surface area contributed by atoms with Crippen molar-refractivity contribution in [2.24, 2.45) is 0 Å². The molecule has 0 radical (unpaired) electrons. The molecule has 1 saturated carbocycles. The Morgan fingerprint density at radius 3 is 2.40 bits per heavy atom. The average molecular weight is 574 g/mol. The van der Waals surface area contributed by atoms with Crippen LogP contribution in [-0.2, 0) is 22.6 Å². The lowest BCUT2D eigenvalue weighted by molar-refractivity contribution is -0.141. The van der Waals surface area contributed by atoms with Crippen LogP contribution in [0.3, 0.4) is 0 Å². The van der Waals surface area contributed by atoms with Crippen LogP contribution in [0.5, 0.6) is 0 Å². The maximum atomic E-state index is 14.1. The third-order valence-electron chi connectivity index (χ3n) is 9.00. The van der Waals surface area contributed by atoms with E-state index < -0.39 is 6.04 Å². The molecule has 1 aliphatic heterocycles. The molecule has 0 unspecified atom stereocenters. The van der Waals surface area contributed by atoms with E-state index in [1.807, 2.05) is 97.9 Å². The molecule has 4 aromatic rings. The fourth-order valence-corrected chi connectivity index (χ4v) is 6.63. The predicted octanol–water partition coefficient (Wildman–Crippen LogP) is 6.59. The van der Waals surface area contributed by atoms with Gasteiger partial charge >= 0.3 is 0 Å². The van der Waals surface area contributed by atoms with Crippen LogP contribution in [0.1, 0.15) is 65.6 Å². The lowest BCUT2D eigenvalue weighted by Gasteiger charge is -2.33. The second-order valence-electron chi connectivity index (χ2n) is 11.9. The monoisotopic (exact) mass is 573 g/mol. The molecule has 0 spiro atoms. The van der Waals surface area contributed by atoms with E-state index in [0.717, 1.165) is 58.8 Å². The van der Waals surface area contributed by atoms with Gasteiger partial charge in [-0.25, -0.2) is 0 Å². The molecule has 6 nitrogen and oxygen atoms in total. The minimum absolute atomic E-state index is 0.0195. The summed E-state index contributed by atoms with van der Waals surface area (Å²) in [5.74, 6) is -0.184. The largest absolute Gasteiger partial charge is 0.352 e. The quantitative estimate of drug-likeness (QED) is 0.220. The Balaban J connectivity index is 1.24. The number of rotatable bonds is 11. The van der Waals surface area contributed by atoms with Crippen molar-refractivity contribution in [2.75, 3.05) is 11.4 Å². The highest BCUT2D eigenvalue weighted by Crippen LogP contribution is 2.37. The van der Waals surface area contributed by atoms with Gasteiger partial charge in [-0.15, -0.1) is 0 Å². The second-order valence-corrected chi connectivity index (χ2v) is 11.9. The molecule has 43 heavy (non-hydrogen) atoms. The molecule has 1 heterocycles. The maximum absolute atomic E-state index is 14.1. The summed E-state index contributed by atoms with van der Waals surface area (Å²) in [5, 5.41) is 5.30. The molecule has 4 aromatic carbocycles. The van der Waals surface area contributed by atoms with Crippen molar-refractivity contribution >= 4 is 34.2 Å². The van der Waals surface area contributed by atoms with Crippen LogP contribution in [0, 0.1) is 6.92 Å². The summed E-state index contributed by atoms with van der Waals surface area (Å²) in [4.78, 5) is 44.9. The minimum atomic E-state index is -0.637. The highest BCUT2D eigenvalue weighted by atomic mass is 16.2. The van der Waals surface area contributed by atoms with Crippen molar-refractivity contribution < 1.29 is 14.4 Å². The van der Waals surface area contributed by atoms with E-state index in [2.05, 4.69) is 5.32 Å². The standard InChI is InChI=1S/C37H39N3O3/c1-26-12-5-6-15-29(26)25-40(33(24-27-13-3-2-4-14-27)36(42)38-30-18-7-8-19-30)34(41)22-11-23-39-32-21-10-17-28-16-9-20-31(35(28)32)37(39)43/h2-6,9-10,12-17,20-21,30,33H,7-8,11,18-19,22-25H2,1H3,(H,38,42)/t33-/m1/s1. The van der Waals surface area contributed by atoms with Gasteiger partial charge in [0.2, 0.25) is 11.8 Å². The summed E-state index contributed by atoms with van der Waals surface area (Å²) in [6, 6.07) is 29.3. The Hall–Kier alpha value is -4.45. The highest BCUT2D eigenvalue weighted by molar-refractivity contribution is 6.25. The normalized spacial score (nSPS) is 15.2. The van der Waals surface area contributed by atoms with E-state index in [0.29, 0.717) is 31.5 Å². The summed E-state index contributed by atoms with van der Waals surface area (Å²) in [6.45, 7) is 2.84. The summed E-state index contributed by atoms with van der Waals surface area (Å²) in [6.07, 6.45) is 5.38. The van der Waals surface area contributed by atoms with Gasteiger partial charge in [0.25, 0.3) is 5.91 Å². The predicted molar refractivity (Wildman–Crippen MR) is 171 cm³/mol. The molecule has 220 valence electrons. The number of nitrogens with one attached hydrogen (secondary N) is 1. The van der Waals surface area contributed by atoms with Crippen molar-refractivity contribution in [2.45, 2.75) is 70.5 Å². The smallest absolute Gasteiger partial charge is 0.258 e. The van der Waals surface area contributed by atoms with Gasteiger partial charge in [0.15, 0.2) is 0 Å². The summed E-state index contributed by atoms with van der Waals surface area (Å²) < 4.78 is 0. The van der Waals surface area contributed by atoms with E-state index in [4.69, 9.17) is 0 Å². The van der Waals surface area contributed by atoms with Gasteiger partial charge in [0.1, 0.15) is 6.04 Å². The molecule has 6 rings (SSSR count). The third-order valence-corrected chi connectivity index (χ3v) is 9.00. The van der Waals surface area contributed by atoms with Crippen molar-refractivity contribution in [3.63, 3.8) is 0 Å². The van der Waals surface area contributed by atoms with Crippen LogP contribution in [0.2, 0.25) is 0 Å². The molecule has 1 aliphatic carbocycles. The molecular weight excluding hydrogens is 534 g/mol. The van der Waals surface area contributed by atoms with Crippen LogP contribution in [0.4, 0.5) is 5.69 Å². The number of hydrogen-bond acceptors (Lipinski definition) is 3. The Bertz CT molecular complexity index is 1620. The molecule has 2 aliphatic rings. The first-order chi connectivity index (χ1) is 21.0. The van der Waals surface area contributed by atoms with Crippen molar-refractivity contribution in [3.8, 4) is 0 Å². The first-order valence-corrected chi connectivity index (χ1v) is 15.5. The summed E-state index contributed by atoms with van der Waals surface area (Å²) in [7, 11) is 0. The Labute approximate surface area is 253 Å². The molecular formula is C37H39N3O3. The van der Waals surface area contributed by atoms with Gasteiger partial charge in [0.05, 0.1) is 5.69 Å². The average Bonchev–Trinajstić information content (AvgIpc) is 3.63. The number of anilines is 1. The van der Waals surface area contributed by atoms with E-state index in [-0.39, 0.29) is 30.2 Å². The first kappa shape index (κ1) is 28.7. The van der Waals surface area contributed by atoms with E-state index in [1.165, 1.54) is 0 Å². The zero-order valence-corrected chi connectivity index (χ0v) is 24.8. The SMILES string of the molecule is Cc1ccccc1CN(C(=O)CCCN1C(=O)c2cccc3cccc1c23)[C@H](Cc1ccccc1)C(=O)NC1CCCC1. The van der Waals surface area contributed by atoms with Crippen molar-refractivity contribution in [3.05, 3.63) is 113 Å². The number of hydrogen-bond donors (Lipinski definition) is 1. The van der Waals surface area contributed by atoms with Gasteiger partial charge < -0.3 is 15.1 Å². The Morgan fingerprint density at radius 2 is 1.63 bits per heavy atom. The fourth-order valence-electron chi connectivity index (χ4n) is 6.63. The lowest BCUT2D eigenvalue weighted by Crippen LogP contribution is -2.52. The van der Waals surface area contributed by atoms with Crippen LogP contribution >= 0.6 is 0 Å². The molecule has 1 atom stereocenters. The van der Waals surface area contributed by atoms with Crippen molar-refractivity contribution in [1.82, 2.24) is 10.2 Å². The van der Waals surface area contributed by atoms with Crippen LogP contribution < -0.4 is 10.2 Å². The third kappa shape index (κ3) is 6.19. The van der Waals surface area contributed by atoms with Crippen LogP contribution in [0.15, 0.2) is 91.0 Å². The van der Waals surface area contributed by atoms with Gasteiger partial charge in [-0.05, 0) is 60.4 Å². The van der Waals surface area contributed by atoms with E-state index in [1.54, 1.807) is 9.80 Å². The second kappa shape index (κ2) is 12.8. The van der Waals surface area contributed by atoms with Crippen LogP contribution in [-0.4, -0.2) is 41.2 Å². The van der Waals surface area contributed by atoms with Gasteiger partial charge in [-0.1, -0.05) is 91.7 Å². The minimum Gasteiger partial charge on any atom is -0.352 e. The fraction of sp³-hybridized carbons (Fsp3) is 0.324. The first-order valence-electron chi connectivity index (χ1n) is 15.5. The molecule has 0 saturated heterocycles. The Kier molecular flexibility index (Phi) is 8.55. The number of carbonyl (C=O) groups excluding carboxylic acids is 3. The van der Waals surface area contributed by atoms with Crippen molar-refractivity contribution in [1.29, 1.82) is 0 Å². The number of nitrogens with zero attached hydrogens (tertiary/aromatic N) is 2. The number of amides is 3. The molecule has 1 fully saturated rings. The summed E-state index contributed by atoms with van der Waals surface area (Å²) >= 11 is 0. The van der Waals surface area contributed by atoms with Gasteiger partial charge in [-0.3, -0.25) is 14.4 Å². The molecule has 6 heteroatoms. The molecule has 3 amide bonds.